The van der Waals surface area contributed by atoms with Gasteiger partial charge in [-0.15, -0.1) is 0 Å². The Morgan fingerprint density at radius 1 is 1.04 bits per heavy atom. The number of piperazine rings is 2. The van der Waals surface area contributed by atoms with E-state index in [1.54, 1.807) is 0 Å². The molecule has 1 amide bonds. The van der Waals surface area contributed by atoms with Crippen molar-refractivity contribution in [3.05, 3.63) is 29.3 Å². The summed E-state index contributed by atoms with van der Waals surface area (Å²) in [5.41, 5.74) is 2.69. The highest BCUT2D eigenvalue weighted by molar-refractivity contribution is 5.78. The molecule has 2 saturated heterocycles. The lowest BCUT2D eigenvalue weighted by molar-refractivity contribution is -0.134. The number of amides is 1. The van der Waals surface area contributed by atoms with Crippen LogP contribution in [0.4, 0.5) is 0 Å². The summed E-state index contributed by atoms with van der Waals surface area (Å²) >= 11 is 0. The van der Waals surface area contributed by atoms with E-state index in [1.807, 2.05) is 4.90 Å². The maximum absolute atomic E-state index is 12.5. The minimum absolute atomic E-state index is 0.288. The molecule has 0 radical (unpaired) electrons. The molecular weight excluding hydrogens is 316 g/mol. The maximum Gasteiger partial charge on any atom is 0.236 e. The Kier molecular flexibility index (Phi) is 5.20. The van der Waals surface area contributed by atoms with Crippen molar-refractivity contribution in [2.45, 2.75) is 13.0 Å². The summed E-state index contributed by atoms with van der Waals surface area (Å²) in [7, 11) is 0. The van der Waals surface area contributed by atoms with Crippen LogP contribution in [0.2, 0.25) is 0 Å². The maximum atomic E-state index is 12.5. The lowest BCUT2D eigenvalue weighted by Gasteiger charge is -2.36. The predicted octanol–water partition coefficient (Wildman–Crippen LogP) is 0.171. The summed E-state index contributed by atoms with van der Waals surface area (Å²) in [5.74, 6) is 1.34. The first-order valence-corrected chi connectivity index (χ1v) is 9.46. The van der Waals surface area contributed by atoms with Crippen molar-refractivity contribution in [2.24, 2.45) is 0 Å². The van der Waals surface area contributed by atoms with E-state index in [4.69, 9.17) is 4.74 Å². The Hall–Kier alpha value is -1.63. The molecule has 0 saturated carbocycles. The first-order chi connectivity index (χ1) is 12.3. The van der Waals surface area contributed by atoms with Crippen LogP contribution in [0.25, 0.3) is 0 Å². The van der Waals surface area contributed by atoms with E-state index in [0.29, 0.717) is 6.54 Å². The average molecular weight is 344 g/mol. The molecule has 0 spiro atoms. The first kappa shape index (κ1) is 16.8. The standard InChI is InChI=1S/C19H28N4O2/c24-19(15-21-6-4-20-5-7-21)23-10-8-22(9-11-23)14-16-1-2-18-17(13-16)3-12-25-18/h1-2,13,20H,3-12,14-15H2. The molecular formula is C19H28N4O2. The van der Waals surface area contributed by atoms with E-state index in [1.165, 1.54) is 11.1 Å². The smallest absolute Gasteiger partial charge is 0.236 e. The number of rotatable bonds is 4. The Morgan fingerprint density at radius 2 is 1.84 bits per heavy atom. The van der Waals surface area contributed by atoms with Crippen LogP contribution in [0, 0.1) is 0 Å². The van der Waals surface area contributed by atoms with E-state index < -0.39 is 0 Å². The first-order valence-electron chi connectivity index (χ1n) is 9.46. The number of hydrogen-bond donors (Lipinski definition) is 1. The second-order valence-electron chi connectivity index (χ2n) is 7.22. The predicted molar refractivity (Wildman–Crippen MR) is 96.8 cm³/mol. The summed E-state index contributed by atoms with van der Waals surface area (Å²) in [6.45, 7) is 9.91. The molecule has 3 aliphatic heterocycles. The summed E-state index contributed by atoms with van der Waals surface area (Å²) in [4.78, 5) is 19.2. The van der Waals surface area contributed by atoms with Crippen molar-refractivity contribution in [1.29, 1.82) is 0 Å². The molecule has 0 aromatic heterocycles. The zero-order valence-corrected chi connectivity index (χ0v) is 14.9. The van der Waals surface area contributed by atoms with Gasteiger partial charge in [-0.05, 0) is 17.2 Å². The van der Waals surface area contributed by atoms with Crippen LogP contribution in [0.15, 0.2) is 18.2 Å². The van der Waals surface area contributed by atoms with Crippen molar-refractivity contribution in [3.63, 3.8) is 0 Å². The van der Waals surface area contributed by atoms with Crippen LogP contribution < -0.4 is 10.1 Å². The topological polar surface area (TPSA) is 48.1 Å². The summed E-state index contributed by atoms with van der Waals surface area (Å²) in [6, 6.07) is 6.56. The molecule has 3 heterocycles. The summed E-state index contributed by atoms with van der Waals surface area (Å²) in [6.07, 6.45) is 1.03. The van der Waals surface area contributed by atoms with Crippen LogP contribution >= 0.6 is 0 Å². The fourth-order valence-electron chi connectivity index (χ4n) is 3.91. The van der Waals surface area contributed by atoms with E-state index >= 15 is 0 Å². The van der Waals surface area contributed by atoms with Crippen molar-refractivity contribution in [1.82, 2.24) is 20.0 Å². The number of nitrogens with zero attached hydrogens (tertiary/aromatic N) is 3. The average Bonchev–Trinajstić information content (AvgIpc) is 3.11. The largest absolute Gasteiger partial charge is 0.493 e. The minimum atomic E-state index is 0.288. The van der Waals surface area contributed by atoms with Gasteiger partial charge in [0.05, 0.1) is 13.2 Å². The normalized spacial score (nSPS) is 21.8. The second kappa shape index (κ2) is 7.72. The van der Waals surface area contributed by atoms with Gasteiger partial charge in [0, 0.05) is 65.3 Å². The molecule has 2 fully saturated rings. The van der Waals surface area contributed by atoms with Gasteiger partial charge >= 0.3 is 0 Å². The third-order valence-electron chi connectivity index (χ3n) is 5.45. The fraction of sp³-hybridized carbons (Fsp3) is 0.632. The second-order valence-corrected chi connectivity index (χ2v) is 7.22. The summed E-state index contributed by atoms with van der Waals surface area (Å²) < 4.78 is 5.58. The molecule has 0 aliphatic carbocycles. The number of hydrogen-bond acceptors (Lipinski definition) is 5. The molecule has 0 bridgehead atoms. The zero-order valence-electron chi connectivity index (χ0n) is 14.9. The Morgan fingerprint density at radius 3 is 2.64 bits per heavy atom. The monoisotopic (exact) mass is 344 g/mol. The van der Waals surface area contributed by atoms with Crippen LogP contribution in [0.1, 0.15) is 11.1 Å². The molecule has 1 aromatic rings. The van der Waals surface area contributed by atoms with Crippen molar-refractivity contribution < 1.29 is 9.53 Å². The third kappa shape index (κ3) is 4.14. The molecule has 1 N–H and O–H groups in total. The third-order valence-corrected chi connectivity index (χ3v) is 5.45. The molecule has 1 aromatic carbocycles. The van der Waals surface area contributed by atoms with Gasteiger partial charge in [0.2, 0.25) is 5.91 Å². The fourth-order valence-corrected chi connectivity index (χ4v) is 3.91. The SMILES string of the molecule is O=C(CN1CCNCC1)N1CCN(Cc2ccc3c(c2)CCO3)CC1. The van der Waals surface area contributed by atoms with Gasteiger partial charge in [0.1, 0.15) is 5.75 Å². The van der Waals surface area contributed by atoms with E-state index in [0.717, 1.165) is 77.7 Å². The van der Waals surface area contributed by atoms with Crippen molar-refractivity contribution >= 4 is 5.91 Å². The highest BCUT2D eigenvalue weighted by Crippen LogP contribution is 2.26. The molecule has 3 aliphatic rings. The number of ether oxygens (including phenoxy) is 1. The molecule has 25 heavy (non-hydrogen) atoms. The number of fused-ring (bicyclic) bond motifs is 1. The van der Waals surface area contributed by atoms with Crippen LogP contribution in [-0.4, -0.2) is 86.1 Å². The lowest BCUT2D eigenvalue weighted by atomic mass is 10.1. The molecule has 136 valence electrons. The highest BCUT2D eigenvalue weighted by atomic mass is 16.5. The number of carbonyl (C=O) groups is 1. The van der Waals surface area contributed by atoms with E-state index in [9.17, 15) is 4.79 Å². The number of carbonyl (C=O) groups excluding carboxylic acids is 1. The van der Waals surface area contributed by atoms with Gasteiger partial charge in [-0.25, -0.2) is 0 Å². The van der Waals surface area contributed by atoms with Crippen LogP contribution in [0.5, 0.6) is 5.75 Å². The number of nitrogens with one attached hydrogen (secondary N) is 1. The minimum Gasteiger partial charge on any atom is -0.493 e. The zero-order chi connectivity index (χ0) is 17.1. The lowest BCUT2D eigenvalue weighted by Crippen LogP contribution is -2.53. The van der Waals surface area contributed by atoms with Gasteiger partial charge < -0.3 is 15.0 Å². The quantitative estimate of drug-likeness (QED) is 0.844. The molecule has 0 unspecified atom stereocenters. The highest BCUT2D eigenvalue weighted by Gasteiger charge is 2.23. The molecule has 6 nitrogen and oxygen atoms in total. The van der Waals surface area contributed by atoms with Gasteiger partial charge in [0.25, 0.3) is 0 Å². The van der Waals surface area contributed by atoms with Crippen LogP contribution in [0.3, 0.4) is 0 Å². The number of benzene rings is 1. The molecule has 6 heteroatoms. The Labute approximate surface area is 149 Å². The molecule has 0 atom stereocenters. The van der Waals surface area contributed by atoms with Crippen LogP contribution in [-0.2, 0) is 17.8 Å². The summed E-state index contributed by atoms with van der Waals surface area (Å²) in [5, 5.41) is 3.33. The van der Waals surface area contributed by atoms with Gasteiger partial charge in [-0.1, -0.05) is 12.1 Å². The van der Waals surface area contributed by atoms with Crippen molar-refractivity contribution in [2.75, 3.05) is 65.5 Å². The molecule has 4 rings (SSSR count). The van der Waals surface area contributed by atoms with Gasteiger partial charge in [-0.2, -0.15) is 0 Å². The van der Waals surface area contributed by atoms with Crippen molar-refractivity contribution in [3.8, 4) is 5.75 Å². The van der Waals surface area contributed by atoms with E-state index in [2.05, 4.69) is 33.3 Å². The van der Waals surface area contributed by atoms with Gasteiger partial charge in [0.15, 0.2) is 0 Å². The Balaban J connectivity index is 1.24. The van der Waals surface area contributed by atoms with E-state index in [-0.39, 0.29) is 5.91 Å². The Bertz CT molecular complexity index is 607. The van der Waals surface area contributed by atoms with Gasteiger partial charge in [-0.3, -0.25) is 14.6 Å².